The second-order valence-electron chi connectivity index (χ2n) is 12.7. The molecule has 0 unspecified atom stereocenters. The monoisotopic (exact) mass is 578 g/mol. The van der Waals surface area contributed by atoms with Gasteiger partial charge in [0.05, 0.1) is 0 Å². The highest BCUT2D eigenvalue weighted by Crippen LogP contribution is 2.87. The average molecular weight is 579 g/mol. The molecular formula is C40H36P2. The summed E-state index contributed by atoms with van der Waals surface area (Å²) in [5, 5.41) is 6.72. The molecule has 0 aromatic heterocycles. The van der Waals surface area contributed by atoms with Crippen molar-refractivity contribution in [3.63, 3.8) is 0 Å². The maximum absolute atomic E-state index is 2.55. The number of fused-ring (bicyclic) bond motifs is 4. The predicted octanol–water partition coefficient (Wildman–Crippen LogP) is 11.7. The third-order valence-electron chi connectivity index (χ3n) is 10.4. The van der Waals surface area contributed by atoms with Gasteiger partial charge in [-0.3, -0.25) is 0 Å². The molecule has 0 spiro atoms. The smallest absolute Gasteiger partial charge is 0.0198 e. The predicted molar refractivity (Wildman–Crippen MR) is 185 cm³/mol. The van der Waals surface area contributed by atoms with E-state index in [1.807, 2.05) is 0 Å². The second-order valence-corrected chi connectivity index (χ2v) is 16.8. The van der Waals surface area contributed by atoms with E-state index in [4.69, 9.17) is 0 Å². The van der Waals surface area contributed by atoms with E-state index in [9.17, 15) is 0 Å². The van der Waals surface area contributed by atoms with E-state index < -0.39 is 15.8 Å². The Balaban J connectivity index is 1.34. The Morgan fingerprint density at radius 3 is 1.00 bits per heavy atom. The molecule has 8 rings (SSSR count). The van der Waals surface area contributed by atoms with Crippen LogP contribution in [0.1, 0.15) is 49.9 Å². The first-order chi connectivity index (χ1) is 20.4. The third kappa shape index (κ3) is 3.56. The first kappa shape index (κ1) is 26.3. The van der Waals surface area contributed by atoms with Crippen LogP contribution in [-0.2, 0) is 0 Å². The highest BCUT2D eigenvalue weighted by molar-refractivity contribution is 7.79. The quantitative estimate of drug-likeness (QED) is 0.207. The molecule has 4 aromatic rings. The third-order valence-corrected chi connectivity index (χ3v) is 16.7. The molecule has 0 radical (unpaired) electrons. The van der Waals surface area contributed by atoms with Crippen LogP contribution < -0.4 is 0 Å². The van der Waals surface area contributed by atoms with Crippen LogP contribution in [-0.4, -0.2) is 12.3 Å². The normalized spacial score (nSPS) is 28.1. The van der Waals surface area contributed by atoms with Gasteiger partial charge in [0.1, 0.15) is 0 Å². The summed E-state index contributed by atoms with van der Waals surface area (Å²) < 4.78 is 0. The van der Waals surface area contributed by atoms with Crippen molar-refractivity contribution >= 4 is 37.6 Å². The van der Waals surface area contributed by atoms with Gasteiger partial charge < -0.3 is 0 Å². The van der Waals surface area contributed by atoms with E-state index in [1.54, 1.807) is 43.5 Å². The molecule has 0 fully saturated rings. The highest BCUT2D eigenvalue weighted by atomic mass is 31.1. The van der Waals surface area contributed by atoms with Gasteiger partial charge in [-0.05, 0) is 96.7 Å². The van der Waals surface area contributed by atoms with Gasteiger partial charge in [0, 0.05) is 10.8 Å². The Morgan fingerprint density at radius 1 is 0.405 bits per heavy atom. The van der Waals surface area contributed by atoms with Gasteiger partial charge in [-0.1, -0.05) is 146 Å². The standard InChI is InChI=1S/C40H36P2/c1-27-35(41-25-39(27,3)33(29-17-9-5-10-18-29)37(41)31-21-13-7-14-22-31)36-28(2)40(4)26-42(36)38(32-23-15-8-16-24-32)34(40)30-19-11-6-12-20-30/h5-24H,25-26H2,1-4H3/t39-,40-,41+,42+/m0/s1. The Hall–Kier alpha value is -3.30. The van der Waals surface area contributed by atoms with E-state index in [2.05, 4.69) is 149 Å². The largest absolute Gasteiger partial charge is 0.0622 e. The zero-order valence-corrected chi connectivity index (χ0v) is 26.6. The number of benzene rings is 4. The molecule has 0 aliphatic carbocycles. The Kier molecular flexibility index (Phi) is 6.02. The lowest BCUT2D eigenvalue weighted by Gasteiger charge is -2.36. The summed E-state index contributed by atoms with van der Waals surface area (Å²) >= 11 is 0. The van der Waals surface area contributed by atoms with E-state index in [-0.39, 0.29) is 10.8 Å². The zero-order chi connectivity index (χ0) is 28.6. The Labute approximate surface area is 253 Å². The molecule has 4 aromatic carbocycles. The maximum Gasteiger partial charge on any atom is 0.0198 e. The summed E-state index contributed by atoms with van der Waals surface area (Å²) in [5.74, 6) is 0. The number of hydrogen-bond donors (Lipinski definition) is 0. The van der Waals surface area contributed by atoms with Gasteiger partial charge in [-0.2, -0.15) is 0 Å². The average Bonchev–Trinajstić information content (AvgIpc) is 3.69. The van der Waals surface area contributed by atoms with Gasteiger partial charge >= 0.3 is 0 Å². The van der Waals surface area contributed by atoms with Gasteiger partial charge in [0.25, 0.3) is 0 Å². The molecule has 2 heteroatoms. The maximum atomic E-state index is 2.55. The van der Waals surface area contributed by atoms with Crippen molar-refractivity contribution in [2.24, 2.45) is 10.8 Å². The fourth-order valence-corrected chi connectivity index (χ4v) is 16.4. The molecule has 42 heavy (non-hydrogen) atoms. The molecule has 4 heterocycles. The molecule has 0 nitrogen and oxygen atoms in total. The minimum Gasteiger partial charge on any atom is -0.0622 e. The summed E-state index contributed by atoms with van der Waals surface area (Å²) in [6.07, 6.45) is 2.48. The Morgan fingerprint density at radius 2 is 0.690 bits per heavy atom. The van der Waals surface area contributed by atoms with Crippen LogP contribution in [0.3, 0.4) is 0 Å². The van der Waals surface area contributed by atoms with E-state index in [1.165, 1.54) is 34.6 Å². The van der Waals surface area contributed by atoms with E-state index in [0.29, 0.717) is 0 Å². The van der Waals surface area contributed by atoms with Crippen LogP contribution in [0.4, 0.5) is 0 Å². The fourth-order valence-electron chi connectivity index (χ4n) is 8.19. The minimum absolute atomic E-state index is 0.0684. The van der Waals surface area contributed by atoms with Crippen molar-refractivity contribution < 1.29 is 0 Å². The van der Waals surface area contributed by atoms with Crippen LogP contribution in [0.15, 0.2) is 143 Å². The molecule has 206 valence electrons. The minimum atomic E-state index is -0.456. The van der Waals surface area contributed by atoms with Crippen LogP contribution in [0.25, 0.3) is 21.8 Å². The highest BCUT2D eigenvalue weighted by Gasteiger charge is 2.58. The molecule has 0 N–H and O–H groups in total. The van der Waals surface area contributed by atoms with Gasteiger partial charge in [-0.15, -0.1) is 0 Å². The molecule has 0 saturated carbocycles. The lowest BCUT2D eigenvalue weighted by atomic mass is 9.72. The molecule has 4 bridgehead atoms. The molecule has 4 aliphatic rings. The van der Waals surface area contributed by atoms with Gasteiger partial charge in [0.2, 0.25) is 0 Å². The SMILES string of the molecule is CC1=C(C2=C(C)[C@]3(C)C[P@@]2C(c2ccccc2)=C3c2ccccc2)[P@@]2C[C@]1(C)C(c1ccccc1)=C2c1ccccc1. The zero-order valence-electron chi connectivity index (χ0n) is 24.9. The lowest BCUT2D eigenvalue weighted by molar-refractivity contribution is 0.623. The molecular weight excluding hydrogens is 542 g/mol. The number of allylic oxidation sites excluding steroid dienone is 6. The van der Waals surface area contributed by atoms with Crippen LogP contribution in [0.5, 0.6) is 0 Å². The van der Waals surface area contributed by atoms with Crippen molar-refractivity contribution in [2.75, 3.05) is 12.3 Å². The molecule has 4 atom stereocenters. The molecule has 4 aliphatic heterocycles. The molecule has 0 amide bonds. The lowest BCUT2D eigenvalue weighted by Crippen LogP contribution is -2.20. The van der Waals surface area contributed by atoms with Crippen LogP contribution in [0, 0.1) is 10.8 Å². The first-order valence-electron chi connectivity index (χ1n) is 15.1. The summed E-state index contributed by atoms with van der Waals surface area (Å²) in [4.78, 5) is 0. The van der Waals surface area contributed by atoms with Crippen molar-refractivity contribution in [1.29, 1.82) is 0 Å². The summed E-state index contributed by atoms with van der Waals surface area (Å²) in [5.41, 5.74) is 12.2. The van der Waals surface area contributed by atoms with Crippen LogP contribution in [0.2, 0.25) is 0 Å². The van der Waals surface area contributed by atoms with Crippen molar-refractivity contribution in [1.82, 2.24) is 0 Å². The second kappa shape index (κ2) is 9.61. The van der Waals surface area contributed by atoms with Crippen molar-refractivity contribution in [3.05, 3.63) is 165 Å². The summed E-state index contributed by atoms with van der Waals surface area (Å²) in [7, 11) is -0.912. The van der Waals surface area contributed by atoms with Crippen molar-refractivity contribution in [3.8, 4) is 0 Å². The first-order valence-corrected chi connectivity index (χ1v) is 18.2. The van der Waals surface area contributed by atoms with E-state index in [0.717, 1.165) is 0 Å². The van der Waals surface area contributed by atoms with Crippen LogP contribution >= 0.6 is 15.8 Å². The summed E-state index contributed by atoms with van der Waals surface area (Å²) in [6.45, 7) is 10.1. The molecule has 0 saturated heterocycles. The Bertz CT molecular complexity index is 1710. The van der Waals surface area contributed by atoms with E-state index >= 15 is 0 Å². The topological polar surface area (TPSA) is 0 Å². The van der Waals surface area contributed by atoms with Gasteiger partial charge in [0.15, 0.2) is 0 Å². The number of rotatable bonds is 5. The van der Waals surface area contributed by atoms with Crippen molar-refractivity contribution in [2.45, 2.75) is 27.7 Å². The number of hydrogen-bond acceptors (Lipinski definition) is 0. The summed E-state index contributed by atoms with van der Waals surface area (Å²) in [6, 6.07) is 45.1. The van der Waals surface area contributed by atoms with Gasteiger partial charge in [-0.25, -0.2) is 0 Å². The fraction of sp³-hybridized carbons (Fsp3) is 0.200.